The Kier molecular flexibility index (Phi) is 5.15. The molecule has 2 heterocycles. The molecule has 18 heavy (non-hydrogen) atoms. The monoisotopic (exact) mass is 294 g/mol. The van der Waals surface area contributed by atoms with Gasteiger partial charge in [-0.2, -0.15) is 4.31 Å². The lowest BCUT2D eigenvalue weighted by atomic mass is 10.3. The number of aryl methyl sites for hydroxylation is 1. The van der Waals surface area contributed by atoms with E-state index in [1.165, 1.54) is 4.31 Å². The van der Waals surface area contributed by atoms with Crippen LogP contribution >= 0.6 is 12.4 Å². The summed E-state index contributed by atoms with van der Waals surface area (Å²) in [6, 6.07) is 0.187. The third-order valence-corrected chi connectivity index (χ3v) is 4.66. The Morgan fingerprint density at radius 2 is 2.28 bits per heavy atom. The van der Waals surface area contributed by atoms with Gasteiger partial charge in [-0.3, -0.25) is 0 Å². The largest absolute Gasteiger partial charge is 0.336 e. The minimum atomic E-state index is -3.42. The lowest BCUT2D eigenvalue weighted by Crippen LogP contribution is -2.51. The molecule has 1 atom stereocenters. The lowest BCUT2D eigenvalue weighted by molar-refractivity contribution is 0.309. The fourth-order valence-corrected chi connectivity index (χ4v) is 3.36. The fraction of sp³-hybridized carbons (Fsp3) is 0.700. The van der Waals surface area contributed by atoms with Crippen molar-refractivity contribution in [1.29, 1.82) is 0 Å². The van der Waals surface area contributed by atoms with Gasteiger partial charge in [0.05, 0.1) is 6.33 Å². The summed E-state index contributed by atoms with van der Waals surface area (Å²) >= 11 is 0. The summed E-state index contributed by atoms with van der Waals surface area (Å²) in [6.45, 7) is 6.35. The summed E-state index contributed by atoms with van der Waals surface area (Å²) in [6.07, 6.45) is 3.14. The summed E-state index contributed by atoms with van der Waals surface area (Å²) in [5, 5.41) is 3.37. The van der Waals surface area contributed by atoms with Gasteiger partial charge in [-0.05, 0) is 13.8 Å². The second kappa shape index (κ2) is 6.01. The average Bonchev–Trinajstić information content (AvgIpc) is 2.78. The standard InChI is InChI=1S/C10H18N4O2S.ClH/c1-3-13-7-10(12-8-13)17(15,16)14-5-4-11-9(2)6-14;/h7-9,11H,3-6H2,1-2H3;1H/t9-;/m0./s1. The van der Waals surface area contributed by atoms with Gasteiger partial charge in [0.25, 0.3) is 10.0 Å². The molecule has 0 unspecified atom stereocenters. The molecule has 0 aliphatic carbocycles. The molecule has 2 rings (SSSR count). The van der Waals surface area contributed by atoms with E-state index >= 15 is 0 Å². The molecule has 104 valence electrons. The van der Waals surface area contributed by atoms with Crippen molar-refractivity contribution in [2.24, 2.45) is 0 Å². The van der Waals surface area contributed by atoms with Gasteiger partial charge >= 0.3 is 0 Å². The van der Waals surface area contributed by atoms with Crippen molar-refractivity contribution in [3.05, 3.63) is 12.5 Å². The molecule has 0 spiro atoms. The van der Waals surface area contributed by atoms with Gasteiger partial charge < -0.3 is 9.88 Å². The van der Waals surface area contributed by atoms with Crippen molar-refractivity contribution in [1.82, 2.24) is 19.2 Å². The number of hydrogen-bond donors (Lipinski definition) is 1. The molecule has 0 saturated carbocycles. The zero-order chi connectivity index (χ0) is 12.5. The number of imidazole rings is 1. The van der Waals surface area contributed by atoms with E-state index in [2.05, 4.69) is 10.3 Å². The van der Waals surface area contributed by atoms with Crippen molar-refractivity contribution in [2.75, 3.05) is 19.6 Å². The Balaban J connectivity index is 0.00000162. The number of nitrogens with zero attached hydrogens (tertiary/aromatic N) is 3. The predicted octanol–water partition coefficient (Wildman–Crippen LogP) is 0.307. The van der Waals surface area contributed by atoms with Crippen LogP contribution in [0.1, 0.15) is 13.8 Å². The Bertz CT molecular complexity index is 488. The Morgan fingerprint density at radius 3 is 2.83 bits per heavy atom. The maximum Gasteiger partial charge on any atom is 0.262 e. The van der Waals surface area contributed by atoms with Gasteiger partial charge in [0, 0.05) is 38.4 Å². The molecule has 0 radical (unpaired) electrons. The molecule has 1 N–H and O–H groups in total. The van der Waals surface area contributed by atoms with E-state index in [0.29, 0.717) is 19.6 Å². The molecule has 0 amide bonds. The zero-order valence-electron chi connectivity index (χ0n) is 10.5. The Morgan fingerprint density at radius 1 is 1.56 bits per heavy atom. The van der Waals surface area contributed by atoms with Crippen LogP contribution in [0.4, 0.5) is 0 Å². The normalized spacial score (nSPS) is 21.6. The maximum absolute atomic E-state index is 12.3. The van der Waals surface area contributed by atoms with Gasteiger partial charge in [-0.1, -0.05) is 0 Å². The van der Waals surface area contributed by atoms with Crippen LogP contribution in [0.25, 0.3) is 0 Å². The maximum atomic E-state index is 12.3. The quantitative estimate of drug-likeness (QED) is 0.871. The van der Waals surface area contributed by atoms with E-state index in [-0.39, 0.29) is 23.5 Å². The molecule has 8 heteroatoms. The van der Waals surface area contributed by atoms with Gasteiger partial charge in [0.1, 0.15) is 0 Å². The molecule has 1 fully saturated rings. The fourth-order valence-electron chi connectivity index (χ4n) is 1.89. The molecule has 0 aromatic carbocycles. The summed E-state index contributed by atoms with van der Waals surface area (Å²) in [7, 11) is -3.42. The minimum Gasteiger partial charge on any atom is -0.336 e. The molecule has 1 aromatic heterocycles. The first-order valence-electron chi connectivity index (χ1n) is 5.79. The second-order valence-corrected chi connectivity index (χ2v) is 6.15. The van der Waals surface area contributed by atoms with Crippen LogP contribution in [0.3, 0.4) is 0 Å². The van der Waals surface area contributed by atoms with E-state index < -0.39 is 10.0 Å². The summed E-state index contributed by atoms with van der Waals surface area (Å²) in [4.78, 5) is 3.97. The van der Waals surface area contributed by atoms with Crippen LogP contribution in [0, 0.1) is 0 Å². The number of piperazine rings is 1. The smallest absolute Gasteiger partial charge is 0.262 e. The number of halogens is 1. The van der Waals surface area contributed by atoms with E-state index in [4.69, 9.17) is 0 Å². The lowest BCUT2D eigenvalue weighted by Gasteiger charge is -2.30. The second-order valence-electron chi connectivity index (χ2n) is 4.26. The van der Waals surface area contributed by atoms with E-state index in [0.717, 1.165) is 6.54 Å². The average molecular weight is 295 g/mol. The molecular weight excluding hydrogens is 276 g/mol. The van der Waals surface area contributed by atoms with Gasteiger partial charge in [-0.25, -0.2) is 13.4 Å². The number of sulfonamides is 1. The van der Waals surface area contributed by atoms with Crippen molar-refractivity contribution < 1.29 is 8.42 Å². The number of aromatic nitrogens is 2. The number of nitrogens with one attached hydrogen (secondary N) is 1. The first-order chi connectivity index (χ1) is 8.04. The van der Waals surface area contributed by atoms with Crippen LogP contribution in [0.15, 0.2) is 17.6 Å². The van der Waals surface area contributed by atoms with Crippen molar-refractivity contribution >= 4 is 22.4 Å². The summed E-state index contributed by atoms with van der Waals surface area (Å²) in [5.41, 5.74) is 0. The van der Waals surface area contributed by atoms with Gasteiger partial charge in [-0.15, -0.1) is 12.4 Å². The van der Waals surface area contributed by atoms with Crippen molar-refractivity contribution in [2.45, 2.75) is 31.5 Å². The topological polar surface area (TPSA) is 67.2 Å². The van der Waals surface area contributed by atoms with Crippen LogP contribution in [-0.4, -0.2) is 48.0 Å². The third-order valence-electron chi connectivity index (χ3n) is 2.91. The van der Waals surface area contributed by atoms with Crippen LogP contribution in [-0.2, 0) is 16.6 Å². The molecule has 1 aromatic rings. The van der Waals surface area contributed by atoms with Crippen LogP contribution in [0.5, 0.6) is 0 Å². The first-order valence-corrected chi connectivity index (χ1v) is 7.23. The molecule has 1 aliphatic rings. The van der Waals surface area contributed by atoms with Crippen LogP contribution in [0.2, 0.25) is 0 Å². The van der Waals surface area contributed by atoms with E-state index in [9.17, 15) is 8.42 Å². The number of rotatable bonds is 3. The highest BCUT2D eigenvalue weighted by atomic mass is 35.5. The Hall–Kier alpha value is -0.630. The van der Waals surface area contributed by atoms with E-state index in [1.807, 2.05) is 13.8 Å². The van der Waals surface area contributed by atoms with Gasteiger partial charge in [0.2, 0.25) is 0 Å². The predicted molar refractivity (Wildman–Crippen MR) is 71.4 cm³/mol. The molecule has 1 aliphatic heterocycles. The van der Waals surface area contributed by atoms with Crippen LogP contribution < -0.4 is 5.32 Å². The summed E-state index contributed by atoms with van der Waals surface area (Å²) in [5.74, 6) is 0. The zero-order valence-corrected chi connectivity index (χ0v) is 12.2. The first kappa shape index (κ1) is 15.4. The van der Waals surface area contributed by atoms with Crippen molar-refractivity contribution in [3.63, 3.8) is 0 Å². The molecular formula is C10H19ClN4O2S. The SMILES string of the molecule is CCn1cnc(S(=O)(=O)N2CCN[C@@H](C)C2)c1.Cl. The molecule has 6 nitrogen and oxygen atoms in total. The highest BCUT2D eigenvalue weighted by molar-refractivity contribution is 7.89. The van der Waals surface area contributed by atoms with E-state index in [1.54, 1.807) is 17.1 Å². The molecule has 1 saturated heterocycles. The van der Waals surface area contributed by atoms with Gasteiger partial charge in [0.15, 0.2) is 5.03 Å². The van der Waals surface area contributed by atoms with Crippen molar-refractivity contribution in [3.8, 4) is 0 Å². The highest BCUT2D eigenvalue weighted by Gasteiger charge is 2.29. The molecule has 0 bridgehead atoms. The minimum absolute atomic E-state index is 0. The highest BCUT2D eigenvalue weighted by Crippen LogP contribution is 2.15. The third kappa shape index (κ3) is 3.03. The summed E-state index contributed by atoms with van der Waals surface area (Å²) < 4.78 is 27.8. The Labute approximate surface area is 114 Å². The number of hydrogen-bond acceptors (Lipinski definition) is 4.